The predicted molar refractivity (Wildman–Crippen MR) is 178 cm³/mol. The molecule has 0 radical (unpaired) electrons. The first-order valence-electron chi connectivity index (χ1n) is 14.8. The molecule has 0 spiro atoms. The van der Waals surface area contributed by atoms with Gasteiger partial charge in [0.2, 0.25) is 0 Å². The molecule has 49 heavy (non-hydrogen) atoms. The van der Waals surface area contributed by atoms with Gasteiger partial charge in [-0.15, -0.1) is 12.1 Å². The molecule has 0 atom stereocenters. The monoisotopic (exact) mass is 827 g/mol. The van der Waals surface area contributed by atoms with E-state index in [9.17, 15) is 17.6 Å². The van der Waals surface area contributed by atoms with Gasteiger partial charge in [-0.05, 0) is 119 Å². The Kier molecular flexibility index (Phi) is 9.94. The number of benzene rings is 6. The van der Waals surface area contributed by atoms with E-state index in [2.05, 4.69) is 32.1 Å². The van der Waals surface area contributed by atoms with Crippen LogP contribution in [0.25, 0.3) is 67.1 Å². The quantitative estimate of drug-likeness (QED) is 0.131. The second-order valence-corrected chi connectivity index (χ2v) is 10.7. The first-order chi connectivity index (χ1) is 23.4. The molecule has 0 aliphatic rings. The molecule has 0 saturated carbocycles. The molecule has 6 aromatic carbocycles. The maximum Gasteiger partial charge on any atom is 3.00 e. The largest absolute Gasteiger partial charge is 3.00 e. The van der Waals surface area contributed by atoms with E-state index < -0.39 is 0 Å². The fourth-order valence-electron chi connectivity index (χ4n) is 5.11. The average Bonchev–Trinajstić information content (AvgIpc) is 3.12. The minimum Gasteiger partial charge on any atom is -0.308 e. The summed E-state index contributed by atoms with van der Waals surface area (Å²) in [5.74, 6) is -1.27. The molecule has 0 saturated heterocycles. The maximum atomic E-state index is 13.2. The first kappa shape index (κ1) is 33.3. The van der Waals surface area contributed by atoms with E-state index in [-0.39, 0.29) is 43.4 Å². The van der Waals surface area contributed by atoms with Gasteiger partial charge in [0.25, 0.3) is 0 Å². The summed E-state index contributed by atoms with van der Waals surface area (Å²) in [7, 11) is 0. The standard InChI is InChI=1S/2C20H11F2N2.Ir/c2*21-15-9-5-13(6-10-15)19-20(14-7-11-16(22)12-8-14)24-18-4-2-1-3-17(18)23-19;/h2*1-3,5-12H;/q2*-1;+3. The van der Waals surface area contributed by atoms with Gasteiger partial charge in [0.15, 0.2) is 0 Å². The molecular weight excluding hydrogens is 805 g/mol. The topological polar surface area (TPSA) is 51.6 Å². The minimum absolute atomic E-state index is 0. The van der Waals surface area contributed by atoms with Crippen molar-refractivity contribution < 1.29 is 37.7 Å². The molecule has 9 heteroatoms. The fourth-order valence-corrected chi connectivity index (χ4v) is 5.11. The summed E-state index contributed by atoms with van der Waals surface area (Å²) < 4.78 is 53.0. The summed E-state index contributed by atoms with van der Waals surface area (Å²) in [6.07, 6.45) is 0. The Labute approximate surface area is 292 Å². The Balaban J connectivity index is 0.000000167. The molecule has 238 valence electrons. The fraction of sp³-hybridized carbons (Fsp3) is 0. The summed E-state index contributed by atoms with van der Waals surface area (Å²) in [4.78, 5) is 18.6. The van der Waals surface area contributed by atoms with Crippen LogP contribution in [0.3, 0.4) is 0 Å². The van der Waals surface area contributed by atoms with Gasteiger partial charge < -0.3 is 9.97 Å². The normalized spacial score (nSPS) is 10.7. The molecular formula is C40H22F4IrN4+. The molecule has 0 unspecified atom stereocenters. The van der Waals surface area contributed by atoms with Gasteiger partial charge >= 0.3 is 20.1 Å². The van der Waals surface area contributed by atoms with E-state index >= 15 is 0 Å². The van der Waals surface area contributed by atoms with Crippen LogP contribution in [0, 0.1) is 35.4 Å². The zero-order valence-electron chi connectivity index (χ0n) is 25.3. The van der Waals surface area contributed by atoms with Crippen LogP contribution in [-0.2, 0) is 20.1 Å². The summed E-state index contributed by atoms with van der Waals surface area (Å²) in [6, 6.07) is 41.3. The van der Waals surface area contributed by atoms with Gasteiger partial charge in [0.05, 0.1) is 22.8 Å². The average molecular weight is 827 g/mol. The zero-order chi connectivity index (χ0) is 33.0. The van der Waals surface area contributed by atoms with Crippen molar-refractivity contribution in [2.45, 2.75) is 0 Å². The molecule has 0 aliphatic heterocycles. The van der Waals surface area contributed by atoms with Crippen LogP contribution in [0.1, 0.15) is 0 Å². The minimum atomic E-state index is -0.317. The first-order valence-corrected chi connectivity index (χ1v) is 14.8. The van der Waals surface area contributed by atoms with Gasteiger partial charge in [-0.3, -0.25) is 9.97 Å². The molecule has 8 rings (SSSR count). The number of rotatable bonds is 4. The third-order valence-electron chi connectivity index (χ3n) is 7.46. The number of aromatic nitrogens is 4. The molecule has 0 aliphatic carbocycles. The Bertz CT molecular complexity index is 2030. The van der Waals surface area contributed by atoms with E-state index in [0.29, 0.717) is 44.8 Å². The van der Waals surface area contributed by atoms with Gasteiger partial charge in [0, 0.05) is 22.3 Å². The number of hydrogen-bond acceptors (Lipinski definition) is 4. The molecule has 8 aromatic rings. The van der Waals surface area contributed by atoms with Crippen molar-refractivity contribution in [1.29, 1.82) is 0 Å². The third-order valence-corrected chi connectivity index (χ3v) is 7.46. The van der Waals surface area contributed by atoms with Crippen LogP contribution in [-0.4, -0.2) is 19.9 Å². The van der Waals surface area contributed by atoms with Gasteiger partial charge in [0.1, 0.15) is 23.3 Å². The van der Waals surface area contributed by atoms with Crippen molar-refractivity contribution in [1.82, 2.24) is 19.9 Å². The summed E-state index contributed by atoms with van der Waals surface area (Å²) >= 11 is 0. The van der Waals surface area contributed by atoms with Gasteiger partial charge in [-0.1, -0.05) is 0 Å². The van der Waals surface area contributed by atoms with Crippen LogP contribution in [0.5, 0.6) is 0 Å². The maximum absolute atomic E-state index is 13.2. The third kappa shape index (κ3) is 7.43. The van der Waals surface area contributed by atoms with Crippen molar-refractivity contribution >= 4 is 22.1 Å². The summed E-state index contributed by atoms with van der Waals surface area (Å²) in [6.45, 7) is 0. The Morgan fingerprint density at radius 1 is 0.347 bits per heavy atom. The van der Waals surface area contributed by atoms with Crippen LogP contribution in [0.4, 0.5) is 17.6 Å². The summed E-state index contributed by atoms with van der Waals surface area (Å²) in [5, 5.41) is 0. The molecule has 4 nitrogen and oxygen atoms in total. The zero-order valence-corrected chi connectivity index (χ0v) is 27.7. The van der Waals surface area contributed by atoms with Crippen LogP contribution < -0.4 is 0 Å². The van der Waals surface area contributed by atoms with Crippen molar-refractivity contribution in [3.05, 3.63) is 169 Å². The molecule has 0 N–H and O–H groups in total. The molecule has 0 bridgehead atoms. The van der Waals surface area contributed by atoms with Crippen molar-refractivity contribution in [3.8, 4) is 45.0 Å². The van der Waals surface area contributed by atoms with E-state index in [1.54, 1.807) is 60.7 Å². The van der Waals surface area contributed by atoms with E-state index in [1.807, 2.05) is 24.3 Å². The molecule has 2 aromatic heterocycles. The SMILES string of the molecule is Fc1ccc(-c2nc3[c-]cccc3nc2-c2ccc(F)cc2)cc1.Fc1ccc(-c2nc3[c-]cccc3nc2-c2ccc(F)cc2)cc1.[Ir+3]. The molecule has 0 amide bonds. The van der Waals surface area contributed by atoms with Crippen molar-refractivity contribution in [3.63, 3.8) is 0 Å². The second-order valence-electron chi connectivity index (χ2n) is 10.7. The van der Waals surface area contributed by atoms with E-state index in [1.165, 1.54) is 48.5 Å². The number of fused-ring (bicyclic) bond motifs is 2. The van der Waals surface area contributed by atoms with Gasteiger partial charge in [-0.2, -0.15) is 36.4 Å². The van der Waals surface area contributed by atoms with Crippen molar-refractivity contribution in [2.24, 2.45) is 0 Å². The van der Waals surface area contributed by atoms with Crippen LogP contribution in [0.2, 0.25) is 0 Å². The van der Waals surface area contributed by atoms with E-state index in [0.717, 1.165) is 22.3 Å². The predicted octanol–water partition coefficient (Wildman–Crippen LogP) is 10.1. The smallest absolute Gasteiger partial charge is 0.308 e. The number of halogens is 4. The molecule has 0 fully saturated rings. The van der Waals surface area contributed by atoms with Crippen molar-refractivity contribution in [2.75, 3.05) is 0 Å². The number of para-hydroxylation sites is 2. The molecule has 2 heterocycles. The Morgan fingerprint density at radius 3 is 0.898 bits per heavy atom. The van der Waals surface area contributed by atoms with E-state index in [4.69, 9.17) is 0 Å². The van der Waals surface area contributed by atoms with Crippen LogP contribution in [0.15, 0.2) is 133 Å². The van der Waals surface area contributed by atoms with Gasteiger partial charge in [-0.25, -0.2) is 17.6 Å². The number of hydrogen-bond donors (Lipinski definition) is 0. The Hall–Kier alpha value is -5.63. The summed E-state index contributed by atoms with van der Waals surface area (Å²) in [5.41, 5.74) is 8.07. The van der Waals surface area contributed by atoms with Crippen LogP contribution >= 0.6 is 0 Å². The second kappa shape index (κ2) is 14.6. The number of nitrogens with zero attached hydrogens (tertiary/aromatic N) is 4. The Morgan fingerprint density at radius 2 is 0.612 bits per heavy atom.